The Labute approximate surface area is 131 Å². The predicted molar refractivity (Wildman–Crippen MR) is 88.8 cm³/mol. The molecule has 0 bridgehead atoms. The average Bonchev–Trinajstić information content (AvgIpc) is 2.93. The zero-order chi connectivity index (χ0) is 14.3. The van der Waals surface area contributed by atoms with Gasteiger partial charge in [-0.1, -0.05) is 30.3 Å². The minimum atomic E-state index is 0.561. The van der Waals surface area contributed by atoms with Crippen LogP contribution in [0.5, 0.6) is 0 Å². The van der Waals surface area contributed by atoms with Crippen molar-refractivity contribution in [2.75, 3.05) is 26.2 Å². The van der Waals surface area contributed by atoms with E-state index in [-0.39, 0.29) is 0 Å². The van der Waals surface area contributed by atoms with Gasteiger partial charge in [-0.05, 0) is 31.5 Å². The summed E-state index contributed by atoms with van der Waals surface area (Å²) in [5.41, 5.74) is 1.43. The van der Waals surface area contributed by atoms with E-state index in [4.69, 9.17) is 0 Å². The van der Waals surface area contributed by atoms with Gasteiger partial charge in [0.15, 0.2) is 0 Å². The Morgan fingerprint density at radius 3 is 3.00 bits per heavy atom. The fourth-order valence-corrected chi connectivity index (χ4v) is 3.55. The molecule has 112 valence electrons. The summed E-state index contributed by atoms with van der Waals surface area (Å²) in [6, 6.07) is 11.4. The van der Waals surface area contributed by atoms with Crippen LogP contribution in [0, 0.1) is 0 Å². The lowest BCUT2D eigenvalue weighted by Crippen LogP contribution is -2.39. The summed E-state index contributed by atoms with van der Waals surface area (Å²) in [5, 5.41) is 7.02. The van der Waals surface area contributed by atoms with Crippen molar-refractivity contribution in [1.82, 2.24) is 15.2 Å². The Morgan fingerprint density at radius 2 is 2.19 bits per heavy atom. The Hall–Kier alpha value is -1.23. The number of hydrogen-bond donors (Lipinski definition) is 1. The van der Waals surface area contributed by atoms with Gasteiger partial charge in [0, 0.05) is 37.1 Å². The highest BCUT2D eigenvalue weighted by Gasteiger charge is 2.17. The van der Waals surface area contributed by atoms with Crippen molar-refractivity contribution >= 4 is 11.3 Å². The first-order valence-corrected chi connectivity index (χ1v) is 8.66. The monoisotopic (exact) mass is 301 g/mol. The van der Waals surface area contributed by atoms with E-state index in [0.29, 0.717) is 6.04 Å². The van der Waals surface area contributed by atoms with E-state index in [2.05, 4.69) is 50.9 Å². The summed E-state index contributed by atoms with van der Waals surface area (Å²) in [6.45, 7) is 4.59. The van der Waals surface area contributed by atoms with Crippen molar-refractivity contribution < 1.29 is 0 Å². The number of hydrogen-bond acceptors (Lipinski definition) is 4. The first-order chi connectivity index (χ1) is 10.4. The van der Waals surface area contributed by atoms with E-state index in [0.717, 1.165) is 32.5 Å². The SMILES string of the molecule is c1ccc(CC2CN(CCc3nccs3)CCCN2)cc1. The van der Waals surface area contributed by atoms with Crippen LogP contribution in [0.15, 0.2) is 41.9 Å². The fraction of sp³-hybridized carbons (Fsp3) is 0.471. The first-order valence-electron chi connectivity index (χ1n) is 7.78. The predicted octanol–water partition coefficient (Wildman–Crippen LogP) is 2.59. The van der Waals surface area contributed by atoms with Crippen LogP contribution in [0.25, 0.3) is 0 Å². The zero-order valence-electron chi connectivity index (χ0n) is 12.4. The molecule has 2 heterocycles. The van der Waals surface area contributed by atoms with Crippen molar-refractivity contribution in [3.05, 3.63) is 52.5 Å². The van der Waals surface area contributed by atoms with Crippen LogP contribution in [0.1, 0.15) is 17.0 Å². The van der Waals surface area contributed by atoms with E-state index in [1.807, 2.05) is 6.20 Å². The van der Waals surface area contributed by atoms with Gasteiger partial charge < -0.3 is 10.2 Å². The number of aromatic nitrogens is 1. The van der Waals surface area contributed by atoms with Gasteiger partial charge in [0.05, 0.1) is 5.01 Å². The molecule has 1 aromatic heterocycles. The van der Waals surface area contributed by atoms with Crippen LogP contribution in [0.2, 0.25) is 0 Å². The van der Waals surface area contributed by atoms with Crippen LogP contribution < -0.4 is 5.32 Å². The highest BCUT2D eigenvalue weighted by molar-refractivity contribution is 7.09. The zero-order valence-corrected chi connectivity index (χ0v) is 13.2. The van der Waals surface area contributed by atoms with Crippen molar-refractivity contribution in [3.63, 3.8) is 0 Å². The Kier molecular flexibility index (Phi) is 5.38. The minimum absolute atomic E-state index is 0.561. The molecular weight excluding hydrogens is 278 g/mol. The Morgan fingerprint density at radius 1 is 1.29 bits per heavy atom. The quantitative estimate of drug-likeness (QED) is 0.920. The number of rotatable bonds is 5. The lowest BCUT2D eigenvalue weighted by molar-refractivity contribution is 0.270. The van der Waals surface area contributed by atoms with Gasteiger partial charge >= 0.3 is 0 Å². The standard InChI is InChI=1S/C17H23N3S/c1-2-5-15(6-3-1)13-16-14-20(10-4-8-18-16)11-7-17-19-9-12-21-17/h1-3,5-6,9,12,16,18H,4,7-8,10-11,13-14H2. The molecule has 2 aromatic rings. The van der Waals surface area contributed by atoms with E-state index in [1.165, 1.54) is 23.5 Å². The summed E-state index contributed by atoms with van der Waals surface area (Å²) in [5.74, 6) is 0. The fourth-order valence-electron chi connectivity index (χ4n) is 2.94. The first kappa shape index (κ1) is 14.7. The molecule has 0 amide bonds. The van der Waals surface area contributed by atoms with Crippen LogP contribution in [0.4, 0.5) is 0 Å². The van der Waals surface area contributed by atoms with E-state index in [9.17, 15) is 0 Å². The summed E-state index contributed by atoms with van der Waals surface area (Å²) in [4.78, 5) is 6.98. The summed E-state index contributed by atoms with van der Waals surface area (Å²) >= 11 is 1.77. The van der Waals surface area contributed by atoms with Crippen LogP contribution in [-0.2, 0) is 12.8 Å². The third-order valence-electron chi connectivity index (χ3n) is 4.01. The molecule has 1 fully saturated rings. The second-order valence-electron chi connectivity index (χ2n) is 5.67. The van der Waals surface area contributed by atoms with Crippen molar-refractivity contribution in [2.24, 2.45) is 0 Å². The maximum Gasteiger partial charge on any atom is 0.0937 e. The minimum Gasteiger partial charge on any atom is -0.312 e. The lowest BCUT2D eigenvalue weighted by atomic mass is 10.1. The molecular formula is C17H23N3S. The third-order valence-corrected chi connectivity index (χ3v) is 4.85. The van der Waals surface area contributed by atoms with Gasteiger partial charge in [0.1, 0.15) is 0 Å². The number of nitrogens with zero attached hydrogens (tertiary/aromatic N) is 2. The summed E-state index contributed by atoms with van der Waals surface area (Å²) < 4.78 is 0. The molecule has 0 aliphatic carbocycles. The topological polar surface area (TPSA) is 28.2 Å². The number of nitrogens with one attached hydrogen (secondary N) is 1. The normalized spacial score (nSPS) is 20.3. The molecule has 1 saturated heterocycles. The maximum atomic E-state index is 4.39. The van der Waals surface area contributed by atoms with Gasteiger partial charge in [-0.3, -0.25) is 0 Å². The number of thiazole rings is 1. The van der Waals surface area contributed by atoms with E-state index in [1.54, 1.807) is 11.3 Å². The highest BCUT2D eigenvalue weighted by Crippen LogP contribution is 2.10. The molecule has 4 heteroatoms. The highest BCUT2D eigenvalue weighted by atomic mass is 32.1. The van der Waals surface area contributed by atoms with Gasteiger partial charge in [-0.2, -0.15) is 0 Å². The Balaban J connectivity index is 1.53. The molecule has 3 nitrogen and oxygen atoms in total. The molecule has 1 unspecified atom stereocenters. The van der Waals surface area contributed by atoms with Gasteiger partial charge in [-0.15, -0.1) is 11.3 Å². The summed E-state index contributed by atoms with van der Waals surface area (Å²) in [7, 11) is 0. The largest absolute Gasteiger partial charge is 0.312 e. The molecule has 0 radical (unpaired) electrons. The average molecular weight is 301 g/mol. The molecule has 3 rings (SSSR count). The van der Waals surface area contributed by atoms with Gasteiger partial charge in [-0.25, -0.2) is 4.98 Å². The smallest absolute Gasteiger partial charge is 0.0937 e. The van der Waals surface area contributed by atoms with Crippen molar-refractivity contribution in [3.8, 4) is 0 Å². The third kappa shape index (κ3) is 4.63. The Bertz CT molecular complexity index is 512. The molecule has 0 spiro atoms. The van der Waals surface area contributed by atoms with Crippen LogP contribution >= 0.6 is 11.3 Å². The lowest BCUT2D eigenvalue weighted by Gasteiger charge is -2.24. The molecule has 1 aliphatic heterocycles. The van der Waals surface area contributed by atoms with Crippen LogP contribution in [-0.4, -0.2) is 42.1 Å². The molecule has 1 aromatic carbocycles. The summed E-state index contributed by atoms with van der Waals surface area (Å²) in [6.07, 6.45) is 5.34. The second kappa shape index (κ2) is 7.69. The van der Waals surface area contributed by atoms with Crippen LogP contribution in [0.3, 0.4) is 0 Å². The van der Waals surface area contributed by atoms with Crippen molar-refractivity contribution in [1.29, 1.82) is 0 Å². The van der Waals surface area contributed by atoms with Crippen molar-refractivity contribution in [2.45, 2.75) is 25.3 Å². The molecule has 1 aliphatic rings. The van der Waals surface area contributed by atoms with Gasteiger partial charge in [0.25, 0.3) is 0 Å². The maximum absolute atomic E-state index is 4.39. The molecule has 0 saturated carbocycles. The molecule has 21 heavy (non-hydrogen) atoms. The molecule has 1 atom stereocenters. The molecule has 1 N–H and O–H groups in total. The van der Waals surface area contributed by atoms with Gasteiger partial charge in [0.2, 0.25) is 0 Å². The van der Waals surface area contributed by atoms with E-state index >= 15 is 0 Å². The second-order valence-corrected chi connectivity index (χ2v) is 6.65. The number of benzene rings is 1. The van der Waals surface area contributed by atoms with E-state index < -0.39 is 0 Å².